The van der Waals surface area contributed by atoms with E-state index in [0.29, 0.717) is 0 Å². The van der Waals surface area contributed by atoms with Crippen molar-refractivity contribution in [1.82, 2.24) is 0 Å². The maximum atomic E-state index is 8.09. The van der Waals surface area contributed by atoms with Crippen molar-refractivity contribution in [1.29, 1.82) is 0 Å². The van der Waals surface area contributed by atoms with Crippen molar-refractivity contribution in [3.05, 3.63) is 0 Å². The van der Waals surface area contributed by atoms with Crippen LogP contribution in [0.5, 0.6) is 0 Å². The highest BCUT2D eigenvalue weighted by Crippen LogP contribution is 2.83. The van der Waals surface area contributed by atoms with Gasteiger partial charge >= 0.3 is 23.0 Å². The van der Waals surface area contributed by atoms with Crippen LogP contribution in [0.15, 0.2) is 13.5 Å². The molecule has 0 aromatic carbocycles. The van der Waals surface area contributed by atoms with Gasteiger partial charge in [0.1, 0.15) is 0 Å². The Morgan fingerprint density at radius 2 is 0.262 bits per heavy atom. The van der Waals surface area contributed by atoms with Gasteiger partial charge in [0.05, 0.1) is 36.6 Å². The van der Waals surface area contributed by atoms with Crippen LogP contribution < -0.4 is 0 Å². The van der Waals surface area contributed by atoms with Gasteiger partial charge < -0.3 is 27.1 Å². The fourth-order valence-corrected chi connectivity index (χ4v) is 32.2. The molecular formula is C72H126N3O6P3. The molecule has 12 aliphatic carbocycles. The summed E-state index contributed by atoms with van der Waals surface area (Å²) in [6.45, 7) is 0. The summed E-state index contributed by atoms with van der Waals surface area (Å²) < 4.78 is 67.3. The quantitative estimate of drug-likeness (QED) is 0.127. The van der Waals surface area contributed by atoms with E-state index in [-0.39, 0.29) is 36.6 Å². The number of rotatable bonds is 18. The summed E-state index contributed by atoms with van der Waals surface area (Å²) in [5.74, 6) is 10.1. The minimum absolute atomic E-state index is 0.0416. The molecule has 0 spiro atoms. The second-order valence-electron chi connectivity index (χ2n) is 32.0. The van der Waals surface area contributed by atoms with Crippen LogP contribution >= 0.6 is 23.0 Å². The first kappa shape index (κ1) is 63.2. The van der Waals surface area contributed by atoms with Crippen molar-refractivity contribution in [2.75, 3.05) is 0 Å². The molecule has 0 unspecified atom stereocenters. The first-order chi connectivity index (χ1) is 41.4. The number of nitrogens with zero attached hydrogens (tertiary/aromatic N) is 3. The Morgan fingerprint density at radius 3 is 0.393 bits per heavy atom. The van der Waals surface area contributed by atoms with Gasteiger partial charge in [-0.1, -0.05) is 193 Å². The monoisotopic (exact) mass is 1220 g/mol. The van der Waals surface area contributed by atoms with Crippen LogP contribution in [0, 0.1) is 71.0 Å². The van der Waals surface area contributed by atoms with Gasteiger partial charge in [-0.3, -0.25) is 0 Å². The molecule has 12 saturated carbocycles. The van der Waals surface area contributed by atoms with E-state index in [0.717, 1.165) is 148 Å². The maximum absolute atomic E-state index is 8.09. The van der Waals surface area contributed by atoms with E-state index >= 15 is 0 Å². The van der Waals surface area contributed by atoms with E-state index in [1.54, 1.807) is 0 Å². The average Bonchev–Trinajstić information content (AvgIpc) is 2.09. The number of hydrogen-bond acceptors (Lipinski definition) is 9. The molecule has 0 aromatic rings. The summed E-state index contributed by atoms with van der Waals surface area (Å²) in [7, 11) is -10.6. The van der Waals surface area contributed by atoms with Crippen LogP contribution in [0.4, 0.5) is 0 Å². The molecule has 0 radical (unpaired) electrons. The van der Waals surface area contributed by atoms with Crippen LogP contribution in [-0.2, 0) is 27.1 Å². The van der Waals surface area contributed by atoms with Gasteiger partial charge in [0.15, 0.2) is 0 Å². The first-order valence-corrected chi connectivity index (χ1v) is 43.0. The van der Waals surface area contributed by atoms with Crippen LogP contribution in [0.1, 0.15) is 347 Å². The minimum Gasteiger partial charge on any atom is -0.303 e. The van der Waals surface area contributed by atoms with E-state index in [9.17, 15) is 0 Å². The summed E-state index contributed by atoms with van der Waals surface area (Å²) in [4.78, 5) is 0. The third kappa shape index (κ3) is 16.8. The molecule has 12 fully saturated rings. The normalized spacial score (nSPS) is 43.0. The molecule has 12 heteroatoms. The fourth-order valence-electron chi connectivity index (χ4n) is 21.6. The molecule has 1 heterocycles. The topological polar surface area (TPSA) is 92.5 Å². The standard InChI is InChI=1S/C72H126N3O6P3/c1-7-19-55(20-8-1)61-31-43-67(44-32-61)76-82(77-68-45-33-62(34-46-68)56-21-9-2-10-22-56)73-83(78-69-47-35-63(36-48-69)57-23-11-3-12-24-57,79-70-49-37-64(38-50-70)58-25-13-4-14-26-58)75-84(74-82,80-71-51-39-65(40-52-71)59-27-15-5-16-28-59)81-72-53-41-66(42-54-72)60-29-17-6-18-30-60/h55-72H,1-54H2. The highest BCUT2D eigenvalue weighted by Gasteiger charge is 2.51. The summed E-state index contributed by atoms with van der Waals surface area (Å²) >= 11 is 0. The summed E-state index contributed by atoms with van der Waals surface area (Å²) in [6.07, 6.45) is 70.6. The minimum atomic E-state index is -3.53. The predicted molar refractivity (Wildman–Crippen MR) is 348 cm³/mol. The molecule has 9 nitrogen and oxygen atoms in total. The Labute approximate surface area is 515 Å². The molecule has 0 bridgehead atoms. The fraction of sp³-hybridized carbons (Fsp3) is 1.00. The number of hydrogen-bond donors (Lipinski definition) is 0. The van der Waals surface area contributed by atoms with Crippen LogP contribution in [0.25, 0.3) is 0 Å². The summed E-state index contributed by atoms with van der Waals surface area (Å²) in [5, 5.41) is 0. The predicted octanol–water partition coefficient (Wildman–Crippen LogP) is 24.8. The third-order valence-corrected chi connectivity index (χ3v) is 35.5. The summed E-state index contributed by atoms with van der Waals surface area (Å²) in [5.41, 5.74) is 0. The second-order valence-corrected chi connectivity index (χ2v) is 38.3. The lowest BCUT2D eigenvalue weighted by molar-refractivity contribution is 0.0493. The molecule has 0 aromatic heterocycles. The molecule has 0 N–H and O–H groups in total. The van der Waals surface area contributed by atoms with E-state index in [1.807, 2.05) is 0 Å². The molecule has 84 heavy (non-hydrogen) atoms. The van der Waals surface area contributed by atoms with Crippen LogP contribution in [-0.4, -0.2) is 36.6 Å². The Hall–Kier alpha value is 0.450. The largest absolute Gasteiger partial charge is 0.349 e. The average molecular weight is 1220 g/mol. The van der Waals surface area contributed by atoms with Gasteiger partial charge in [-0.05, 0) is 225 Å². The zero-order valence-electron chi connectivity index (χ0n) is 53.7. The molecule has 1 aliphatic heterocycles. The van der Waals surface area contributed by atoms with E-state index < -0.39 is 23.0 Å². The van der Waals surface area contributed by atoms with E-state index in [1.165, 1.54) is 270 Å². The van der Waals surface area contributed by atoms with Crippen molar-refractivity contribution in [3.63, 3.8) is 0 Å². The molecule has 0 amide bonds. The zero-order chi connectivity index (χ0) is 56.4. The van der Waals surface area contributed by atoms with Crippen molar-refractivity contribution in [2.24, 2.45) is 84.6 Å². The molecular weight excluding hydrogens is 1100 g/mol. The van der Waals surface area contributed by atoms with Crippen LogP contribution in [0.3, 0.4) is 0 Å². The van der Waals surface area contributed by atoms with Gasteiger partial charge in [0.25, 0.3) is 0 Å². The lowest BCUT2D eigenvalue weighted by atomic mass is 9.73. The van der Waals surface area contributed by atoms with Crippen molar-refractivity contribution in [2.45, 2.75) is 383 Å². The van der Waals surface area contributed by atoms with E-state index in [4.69, 9.17) is 40.7 Å². The highest BCUT2D eigenvalue weighted by atomic mass is 31.3. The van der Waals surface area contributed by atoms with Gasteiger partial charge in [0.2, 0.25) is 0 Å². The molecule has 0 saturated heterocycles. The Morgan fingerprint density at radius 1 is 0.143 bits per heavy atom. The van der Waals surface area contributed by atoms with E-state index in [2.05, 4.69) is 0 Å². The van der Waals surface area contributed by atoms with Crippen molar-refractivity contribution >= 4 is 23.0 Å². The smallest absolute Gasteiger partial charge is 0.303 e. The third-order valence-electron chi connectivity index (χ3n) is 26.6. The van der Waals surface area contributed by atoms with Gasteiger partial charge in [-0.25, -0.2) is 0 Å². The van der Waals surface area contributed by atoms with Gasteiger partial charge in [-0.2, -0.15) is 0 Å². The summed E-state index contributed by atoms with van der Waals surface area (Å²) in [6, 6.07) is 0. The Bertz CT molecular complexity index is 1740. The highest BCUT2D eigenvalue weighted by molar-refractivity contribution is 7.78. The second kappa shape index (κ2) is 30.9. The van der Waals surface area contributed by atoms with Crippen molar-refractivity contribution in [3.8, 4) is 0 Å². The first-order valence-electron chi connectivity index (χ1n) is 38.4. The lowest BCUT2D eigenvalue weighted by Crippen LogP contribution is -2.31. The molecule has 13 rings (SSSR count). The zero-order valence-corrected chi connectivity index (χ0v) is 56.4. The van der Waals surface area contributed by atoms with Gasteiger partial charge in [0, 0.05) is 0 Å². The van der Waals surface area contributed by atoms with Gasteiger partial charge in [-0.15, -0.1) is 13.5 Å². The SMILES string of the molecule is C1CCC(C2CCC(OP3(OC4CCC(C5CCCCC5)CC4)=NP(OC4CCC(C5CCCCC5)CC4)(OC4CCC(C5CCCCC5)CC4)=NP(OC4CCC(C5CCCCC5)CC4)(OC4CCC(C5CCCCC5)CC4)=N3)CC2)CC1. The Kier molecular flexibility index (Phi) is 23.3. The Balaban J connectivity index is 0.888. The molecule has 480 valence electrons. The lowest BCUT2D eigenvalue weighted by Gasteiger charge is -2.44. The molecule has 0 atom stereocenters. The van der Waals surface area contributed by atoms with Crippen molar-refractivity contribution < 1.29 is 27.1 Å². The van der Waals surface area contributed by atoms with Crippen LogP contribution in [0.2, 0.25) is 0 Å². The maximum Gasteiger partial charge on any atom is 0.349 e. The molecule has 13 aliphatic rings.